The third-order valence-corrected chi connectivity index (χ3v) is 6.56. The van der Waals surface area contributed by atoms with E-state index in [-0.39, 0.29) is 32.7 Å². The van der Waals surface area contributed by atoms with Gasteiger partial charge in [0.2, 0.25) is 15.8 Å². The summed E-state index contributed by atoms with van der Waals surface area (Å²) in [6.07, 6.45) is 3.40. The molecule has 0 unspecified atom stereocenters. The lowest BCUT2D eigenvalue weighted by Gasteiger charge is -2.13. The molecule has 0 saturated carbocycles. The first-order chi connectivity index (χ1) is 14.9. The molecular weight excluding hydrogens is 476 g/mol. The second kappa shape index (κ2) is 8.85. The summed E-state index contributed by atoms with van der Waals surface area (Å²) in [5, 5.41) is 0.119. The standard InChI is InChI=1S/C20H19ClN4O5S2/c1-12-4-5-16(8-13(12)2)32(29,30)24-17-10-15(21)11-23-19(17)20(26)14-6-7-22-18(9-14)25-31(3,27)28/h4-11,24H,1-3H3,(H,22,25). The number of aromatic nitrogens is 2. The second-order valence-electron chi connectivity index (χ2n) is 7.03. The van der Waals surface area contributed by atoms with Gasteiger partial charge in [0.15, 0.2) is 0 Å². The molecule has 0 amide bonds. The number of benzene rings is 1. The molecule has 0 fully saturated rings. The Bertz CT molecular complexity index is 1420. The summed E-state index contributed by atoms with van der Waals surface area (Å²) < 4.78 is 53.3. The maximum atomic E-state index is 13.1. The van der Waals surface area contributed by atoms with Crippen LogP contribution in [0.15, 0.2) is 53.7 Å². The molecule has 3 rings (SSSR count). The maximum Gasteiger partial charge on any atom is 0.261 e. The van der Waals surface area contributed by atoms with E-state index in [0.717, 1.165) is 17.4 Å². The van der Waals surface area contributed by atoms with Gasteiger partial charge < -0.3 is 0 Å². The van der Waals surface area contributed by atoms with Gasteiger partial charge in [-0.2, -0.15) is 0 Å². The van der Waals surface area contributed by atoms with Gasteiger partial charge in [-0.15, -0.1) is 0 Å². The Morgan fingerprint density at radius 1 is 0.938 bits per heavy atom. The Hall–Kier alpha value is -3.02. The van der Waals surface area contributed by atoms with E-state index in [1.165, 1.54) is 42.7 Å². The number of hydrogen-bond acceptors (Lipinski definition) is 7. The van der Waals surface area contributed by atoms with Crippen LogP contribution in [0.5, 0.6) is 0 Å². The average Bonchev–Trinajstić information content (AvgIpc) is 2.68. The van der Waals surface area contributed by atoms with Gasteiger partial charge in [0, 0.05) is 18.0 Å². The Labute approximate surface area is 191 Å². The molecule has 0 radical (unpaired) electrons. The first-order valence-electron chi connectivity index (χ1n) is 9.10. The predicted octanol–water partition coefficient (Wildman–Crippen LogP) is 3.15. The van der Waals surface area contributed by atoms with Crippen molar-refractivity contribution in [1.29, 1.82) is 0 Å². The van der Waals surface area contributed by atoms with Crippen molar-refractivity contribution >= 4 is 48.9 Å². The number of anilines is 2. The van der Waals surface area contributed by atoms with E-state index >= 15 is 0 Å². The number of ketones is 1. The highest BCUT2D eigenvalue weighted by molar-refractivity contribution is 7.92. The first kappa shape index (κ1) is 23.6. The largest absolute Gasteiger partial charge is 0.287 e. The van der Waals surface area contributed by atoms with Crippen LogP contribution < -0.4 is 9.44 Å². The fourth-order valence-corrected chi connectivity index (χ4v) is 4.53. The number of rotatable bonds is 7. The van der Waals surface area contributed by atoms with Gasteiger partial charge in [0.05, 0.1) is 21.9 Å². The molecule has 2 aromatic heterocycles. The summed E-state index contributed by atoms with van der Waals surface area (Å²) >= 11 is 5.99. The highest BCUT2D eigenvalue weighted by Crippen LogP contribution is 2.25. The molecule has 1 aromatic carbocycles. The molecule has 0 spiro atoms. The van der Waals surface area contributed by atoms with Crippen molar-refractivity contribution in [2.24, 2.45) is 0 Å². The molecular formula is C20H19ClN4O5S2. The van der Waals surface area contributed by atoms with Gasteiger partial charge in [0.1, 0.15) is 11.5 Å². The van der Waals surface area contributed by atoms with E-state index in [9.17, 15) is 21.6 Å². The summed E-state index contributed by atoms with van der Waals surface area (Å²) in [6, 6.07) is 8.50. The Morgan fingerprint density at radius 2 is 1.66 bits per heavy atom. The van der Waals surface area contributed by atoms with Crippen LogP contribution in [-0.4, -0.2) is 38.8 Å². The summed E-state index contributed by atoms with van der Waals surface area (Å²) in [7, 11) is -7.65. The lowest BCUT2D eigenvalue weighted by Crippen LogP contribution is -2.17. The summed E-state index contributed by atoms with van der Waals surface area (Å²) in [4.78, 5) is 20.9. The topological polar surface area (TPSA) is 135 Å². The number of nitrogens with one attached hydrogen (secondary N) is 2. The highest BCUT2D eigenvalue weighted by atomic mass is 35.5. The zero-order valence-electron chi connectivity index (χ0n) is 17.2. The predicted molar refractivity (Wildman–Crippen MR) is 122 cm³/mol. The van der Waals surface area contributed by atoms with Gasteiger partial charge >= 0.3 is 0 Å². The van der Waals surface area contributed by atoms with Crippen molar-refractivity contribution in [2.75, 3.05) is 15.7 Å². The van der Waals surface area contributed by atoms with Crippen LogP contribution >= 0.6 is 11.6 Å². The van der Waals surface area contributed by atoms with Crippen LogP contribution in [0, 0.1) is 13.8 Å². The molecule has 168 valence electrons. The number of carbonyl (C=O) groups excluding carboxylic acids is 1. The molecule has 0 atom stereocenters. The number of halogens is 1. The molecule has 0 aliphatic heterocycles. The molecule has 0 aliphatic rings. The summed E-state index contributed by atoms with van der Waals surface area (Å²) in [6.45, 7) is 3.65. The lowest BCUT2D eigenvalue weighted by atomic mass is 10.1. The van der Waals surface area contributed by atoms with E-state index in [0.29, 0.717) is 0 Å². The number of carbonyl (C=O) groups is 1. The average molecular weight is 495 g/mol. The number of hydrogen-bond donors (Lipinski definition) is 2. The molecule has 2 N–H and O–H groups in total. The smallest absolute Gasteiger partial charge is 0.261 e. The SMILES string of the molecule is Cc1ccc(S(=O)(=O)Nc2cc(Cl)cnc2C(=O)c2ccnc(NS(C)(=O)=O)c2)cc1C. The Kier molecular flexibility index (Phi) is 6.54. The zero-order valence-corrected chi connectivity index (χ0v) is 19.6. The van der Waals surface area contributed by atoms with Crippen LogP contribution in [0.4, 0.5) is 11.5 Å². The fraction of sp³-hybridized carbons (Fsp3) is 0.150. The van der Waals surface area contributed by atoms with Crippen LogP contribution in [0.2, 0.25) is 5.02 Å². The maximum absolute atomic E-state index is 13.1. The first-order valence-corrected chi connectivity index (χ1v) is 12.8. The molecule has 0 bridgehead atoms. The van der Waals surface area contributed by atoms with E-state index in [1.54, 1.807) is 13.0 Å². The van der Waals surface area contributed by atoms with Crippen LogP contribution in [-0.2, 0) is 20.0 Å². The molecule has 32 heavy (non-hydrogen) atoms. The molecule has 3 aromatic rings. The third-order valence-electron chi connectivity index (χ3n) is 4.41. The van der Waals surface area contributed by atoms with E-state index < -0.39 is 25.8 Å². The molecule has 0 saturated heterocycles. The van der Waals surface area contributed by atoms with Crippen LogP contribution in [0.3, 0.4) is 0 Å². The molecule has 0 aliphatic carbocycles. The minimum atomic E-state index is -4.04. The van der Waals surface area contributed by atoms with Gasteiger partial charge in [-0.3, -0.25) is 14.2 Å². The number of nitrogens with zero attached hydrogens (tertiary/aromatic N) is 2. The fourth-order valence-electron chi connectivity index (χ4n) is 2.74. The van der Waals surface area contributed by atoms with Crippen molar-refractivity contribution in [3.05, 3.63) is 76.2 Å². The van der Waals surface area contributed by atoms with E-state index in [1.807, 2.05) is 6.92 Å². The van der Waals surface area contributed by atoms with Crippen molar-refractivity contribution < 1.29 is 21.6 Å². The Morgan fingerprint density at radius 3 is 2.31 bits per heavy atom. The highest BCUT2D eigenvalue weighted by Gasteiger charge is 2.22. The van der Waals surface area contributed by atoms with Crippen molar-refractivity contribution in [2.45, 2.75) is 18.7 Å². The number of pyridine rings is 2. The summed E-state index contributed by atoms with van der Waals surface area (Å²) in [5.41, 5.74) is 1.44. The van der Waals surface area contributed by atoms with Gasteiger partial charge in [-0.25, -0.2) is 26.8 Å². The molecule has 9 nitrogen and oxygen atoms in total. The van der Waals surface area contributed by atoms with Crippen LogP contribution in [0.1, 0.15) is 27.2 Å². The minimum absolute atomic E-state index is 0.0162. The van der Waals surface area contributed by atoms with Crippen molar-refractivity contribution in [1.82, 2.24) is 9.97 Å². The van der Waals surface area contributed by atoms with E-state index in [2.05, 4.69) is 19.4 Å². The monoisotopic (exact) mass is 494 g/mol. The quantitative estimate of drug-likeness (QED) is 0.481. The lowest BCUT2D eigenvalue weighted by molar-refractivity contribution is 0.103. The zero-order chi connectivity index (χ0) is 23.7. The number of aryl methyl sites for hydroxylation is 2. The van der Waals surface area contributed by atoms with Gasteiger partial charge in [-0.1, -0.05) is 17.7 Å². The second-order valence-corrected chi connectivity index (χ2v) is 10.9. The summed E-state index contributed by atoms with van der Waals surface area (Å²) in [5.74, 6) is -0.719. The van der Waals surface area contributed by atoms with Gasteiger partial charge in [0.25, 0.3) is 10.0 Å². The van der Waals surface area contributed by atoms with E-state index in [4.69, 9.17) is 11.6 Å². The van der Waals surface area contributed by atoms with Crippen molar-refractivity contribution in [3.8, 4) is 0 Å². The third kappa shape index (κ3) is 5.61. The molecule has 2 heterocycles. The Balaban J connectivity index is 2.01. The van der Waals surface area contributed by atoms with Gasteiger partial charge in [-0.05, 0) is 55.3 Å². The molecule has 12 heteroatoms. The van der Waals surface area contributed by atoms with Crippen molar-refractivity contribution in [3.63, 3.8) is 0 Å². The number of sulfonamides is 2. The minimum Gasteiger partial charge on any atom is -0.287 e. The van der Waals surface area contributed by atoms with Crippen LogP contribution in [0.25, 0.3) is 0 Å². The normalized spacial score (nSPS) is 11.8.